The highest BCUT2D eigenvalue weighted by atomic mass is 32.1. The minimum Gasteiger partial charge on any atom is -0.494 e. The Bertz CT molecular complexity index is 1140. The van der Waals surface area contributed by atoms with Gasteiger partial charge in [-0.3, -0.25) is 9.78 Å². The molecule has 0 radical (unpaired) electrons. The maximum atomic E-state index is 11.9. The molecule has 1 aliphatic heterocycles. The van der Waals surface area contributed by atoms with E-state index < -0.39 is 0 Å². The number of ether oxygens (including phenoxy) is 1. The van der Waals surface area contributed by atoms with E-state index in [9.17, 15) is 4.79 Å². The highest BCUT2D eigenvalue weighted by molar-refractivity contribution is 7.80. The fourth-order valence-corrected chi connectivity index (χ4v) is 4.42. The van der Waals surface area contributed by atoms with Gasteiger partial charge in [0.05, 0.1) is 30.6 Å². The summed E-state index contributed by atoms with van der Waals surface area (Å²) < 4.78 is 7.78. The maximum Gasteiger partial charge on any atom is 0.224 e. The molecule has 33 heavy (non-hydrogen) atoms. The quantitative estimate of drug-likeness (QED) is 0.481. The molecule has 4 rings (SSSR count). The van der Waals surface area contributed by atoms with E-state index in [1.165, 1.54) is 0 Å². The van der Waals surface area contributed by atoms with Crippen LogP contribution in [-0.2, 0) is 4.79 Å². The van der Waals surface area contributed by atoms with E-state index in [2.05, 4.69) is 57.4 Å². The van der Waals surface area contributed by atoms with Crippen LogP contribution in [0.15, 0.2) is 61.1 Å². The summed E-state index contributed by atoms with van der Waals surface area (Å²) in [7, 11) is 1.60. The number of hydrogen-bond donors (Lipinski definition) is 2. The number of amides is 1. The Morgan fingerprint density at radius 1 is 1.27 bits per heavy atom. The standard InChI is InChI=1S/C25H29N5O2S/c1-5-22(31)27-19-10-9-18(14-21(19)32-4)30-24(17-11-13-29(15-17)16(2)3)23(28-25(30)33)20-8-6-7-12-26-20/h6-16,23-24H,5H2,1-4H3,(H,27,31)(H,28,33)/t23-,24-/m1/s1. The van der Waals surface area contributed by atoms with Gasteiger partial charge in [-0.1, -0.05) is 13.0 Å². The number of carbonyl (C=O) groups excluding carboxylic acids is 1. The maximum absolute atomic E-state index is 11.9. The number of nitrogens with one attached hydrogen (secondary N) is 2. The van der Waals surface area contributed by atoms with E-state index in [0.29, 0.717) is 29.0 Å². The van der Waals surface area contributed by atoms with Crippen LogP contribution in [0.1, 0.15) is 56.6 Å². The van der Waals surface area contributed by atoms with Gasteiger partial charge in [-0.25, -0.2) is 0 Å². The number of pyridine rings is 1. The zero-order valence-electron chi connectivity index (χ0n) is 19.3. The van der Waals surface area contributed by atoms with Crippen LogP contribution >= 0.6 is 12.2 Å². The number of nitrogens with zero attached hydrogens (tertiary/aromatic N) is 3. The molecule has 1 saturated heterocycles. The van der Waals surface area contributed by atoms with Gasteiger partial charge in [0.25, 0.3) is 0 Å². The first-order valence-electron chi connectivity index (χ1n) is 11.1. The Hall–Kier alpha value is -3.39. The minimum absolute atomic E-state index is 0.0671. The number of methoxy groups -OCH3 is 1. The summed E-state index contributed by atoms with van der Waals surface area (Å²) in [6.07, 6.45) is 6.46. The molecule has 2 aromatic heterocycles. The number of carbonyl (C=O) groups is 1. The topological polar surface area (TPSA) is 71.4 Å². The highest BCUT2D eigenvalue weighted by Crippen LogP contribution is 2.43. The Labute approximate surface area is 199 Å². The van der Waals surface area contributed by atoms with E-state index in [0.717, 1.165) is 16.9 Å². The van der Waals surface area contributed by atoms with Crippen molar-refractivity contribution in [3.8, 4) is 5.75 Å². The number of benzene rings is 1. The van der Waals surface area contributed by atoms with Crippen LogP contribution in [0.25, 0.3) is 0 Å². The third-order valence-electron chi connectivity index (χ3n) is 5.83. The van der Waals surface area contributed by atoms with Crippen molar-refractivity contribution in [3.63, 3.8) is 0 Å². The van der Waals surface area contributed by atoms with E-state index in [1.54, 1.807) is 13.3 Å². The predicted molar refractivity (Wildman–Crippen MR) is 135 cm³/mol. The molecule has 0 aliphatic carbocycles. The molecule has 0 saturated carbocycles. The van der Waals surface area contributed by atoms with Crippen molar-refractivity contribution in [1.82, 2.24) is 14.9 Å². The van der Waals surface area contributed by atoms with Crippen LogP contribution in [0.3, 0.4) is 0 Å². The summed E-state index contributed by atoms with van der Waals surface area (Å²) in [6.45, 7) is 6.13. The van der Waals surface area contributed by atoms with Crippen LogP contribution in [-0.4, -0.2) is 27.7 Å². The second-order valence-corrected chi connectivity index (χ2v) is 8.66. The summed E-state index contributed by atoms with van der Waals surface area (Å²) in [4.78, 5) is 18.6. The predicted octanol–water partition coefficient (Wildman–Crippen LogP) is 5.00. The molecular formula is C25H29N5O2S. The molecule has 172 valence electrons. The fraction of sp³-hybridized carbons (Fsp3) is 0.320. The second-order valence-electron chi connectivity index (χ2n) is 8.27. The zero-order chi connectivity index (χ0) is 23.5. The highest BCUT2D eigenvalue weighted by Gasteiger charge is 2.41. The first kappa shape index (κ1) is 22.8. The molecule has 0 spiro atoms. The molecule has 8 heteroatoms. The SMILES string of the molecule is CCC(=O)Nc1ccc(N2C(=S)N[C@H](c3ccccn3)[C@H]2c2ccn(C(C)C)c2)cc1OC. The number of rotatable bonds is 7. The minimum atomic E-state index is -0.118. The van der Waals surface area contributed by atoms with Crippen molar-refractivity contribution in [2.24, 2.45) is 0 Å². The van der Waals surface area contributed by atoms with Gasteiger partial charge in [0.1, 0.15) is 5.75 Å². The van der Waals surface area contributed by atoms with Crippen LogP contribution in [0.4, 0.5) is 11.4 Å². The van der Waals surface area contributed by atoms with Gasteiger partial charge in [0, 0.05) is 42.8 Å². The third kappa shape index (κ3) is 4.57. The normalized spacial score (nSPS) is 17.8. The Morgan fingerprint density at radius 3 is 2.73 bits per heavy atom. The van der Waals surface area contributed by atoms with Crippen LogP contribution in [0.2, 0.25) is 0 Å². The van der Waals surface area contributed by atoms with Crippen molar-refractivity contribution >= 4 is 34.6 Å². The molecule has 3 aromatic rings. The van der Waals surface area contributed by atoms with Crippen molar-refractivity contribution in [2.75, 3.05) is 17.3 Å². The lowest BCUT2D eigenvalue weighted by Gasteiger charge is -2.28. The Balaban J connectivity index is 1.78. The van der Waals surface area contributed by atoms with Crippen molar-refractivity contribution in [1.29, 1.82) is 0 Å². The first-order chi connectivity index (χ1) is 15.9. The molecular weight excluding hydrogens is 434 g/mol. The molecule has 3 heterocycles. The molecule has 2 N–H and O–H groups in total. The van der Waals surface area contributed by atoms with Crippen molar-refractivity contribution in [3.05, 3.63) is 72.3 Å². The molecule has 1 aromatic carbocycles. The van der Waals surface area contributed by atoms with Gasteiger partial charge in [-0.05, 0) is 62.0 Å². The largest absolute Gasteiger partial charge is 0.494 e. The van der Waals surface area contributed by atoms with E-state index >= 15 is 0 Å². The van der Waals surface area contributed by atoms with E-state index in [1.807, 2.05) is 43.3 Å². The van der Waals surface area contributed by atoms with Gasteiger partial charge in [-0.15, -0.1) is 0 Å². The summed E-state index contributed by atoms with van der Waals surface area (Å²) in [5, 5.41) is 6.97. The average molecular weight is 464 g/mol. The van der Waals surface area contributed by atoms with Gasteiger partial charge in [0.2, 0.25) is 5.91 Å². The smallest absolute Gasteiger partial charge is 0.224 e. The lowest BCUT2D eigenvalue weighted by atomic mass is 9.98. The van der Waals surface area contributed by atoms with Gasteiger partial charge < -0.3 is 24.8 Å². The summed E-state index contributed by atoms with van der Waals surface area (Å²) >= 11 is 5.81. The first-order valence-corrected chi connectivity index (χ1v) is 11.5. The van der Waals surface area contributed by atoms with Crippen LogP contribution in [0.5, 0.6) is 5.75 Å². The van der Waals surface area contributed by atoms with Gasteiger partial charge in [-0.2, -0.15) is 0 Å². The lowest BCUT2D eigenvalue weighted by Crippen LogP contribution is -2.29. The fourth-order valence-electron chi connectivity index (χ4n) is 4.07. The number of thiocarbonyl (C=S) groups is 1. The van der Waals surface area contributed by atoms with Gasteiger partial charge in [0.15, 0.2) is 5.11 Å². The summed E-state index contributed by atoms with van der Waals surface area (Å²) in [5.41, 5.74) is 3.56. The molecule has 1 amide bonds. The summed E-state index contributed by atoms with van der Waals surface area (Å²) in [5.74, 6) is 0.513. The monoisotopic (exact) mass is 463 g/mol. The Kier molecular flexibility index (Phi) is 6.65. The molecule has 7 nitrogen and oxygen atoms in total. The van der Waals surface area contributed by atoms with E-state index in [4.69, 9.17) is 17.0 Å². The molecule has 2 atom stereocenters. The molecule has 1 aliphatic rings. The molecule has 0 unspecified atom stereocenters. The number of aromatic nitrogens is 2. The van der Waals surface area contributed by atoms with Crippen molar-refractivity contribution in [2.45, 2.75) is 45.3 Å². The third-order valence-corrected chi connectivity index (χ3v) is 6.15. The second kappa shape index (κ2) is 9.62. The van der Waals surface area contributed by atoms with Gasteiger partial charge >= 0.3 is 0 Å². The molecule has 1 fully saturated rings. The average Bonchev–Trinajstić information content (AvgIpc) is 3.44. The van der Waals surface area contributed by atoms with Crippen LogP contribution < -0.4 is 20.3 Å². The van der Waals surface area contributed by atoms with Crippen molar-refractivity contribution < 1.29 is 9.53 Å². The zero-order valence-corrected chi connectivity index (χ0v) is 20.1. The molecule has 0 bridgehead atoms. The summed E-state index contributed by atoms with van der Waals surface area (Å²) in [6, 6.07) is 13.9. The number of anilines is 2. The number of hydrogen-bond acceptors (Lipinski definition) is 4. The Morgan fingerprint density at radius 2 is 2.09 bits per heavy atom. The van der Waals surface area contributed by atoms with E-state index in [-0.39, 0.29) is 18.0 Å². The van der Waals surface area contributed by atoms with Crippen LogP contribution in [0, 0.1) is 0 Å². The lowest BCUT2D eigenvalue weighted by molar-refractivity contribution is -0.115.